The predicted octanol–water partition coefficient (Wildman–Crippen LogP) is 2.47. The van der Waals surface area contributed by atoms with Gasteiger partial charge in [0.1, 0.15) is 11.4 Å². The maximum atomic E-state index is 11.9. The molecule has 0 unspecified atom stereocenters. The van der Waals surface area contributed by atoms with Crippen LogP contribution in [0.5, 0.6) is 5.75 Å². The highest BCUT2D eigenvalue weighted by Crippen LogP contribution is 2.23. The molecule has 168 valence electrons. The zero-order chi connectivity index (χ0) is 22.1. The van der Waals surface area contributed by atoms with Crippen LogP contribution in [0.1, 0.15) is 46.1 Å². The fourth-order valence-electron chi connectivity index (χ4n) is 3.31. The molecule has 1 aliphatic rings. The number of ether oxygens (including phenoxy) is 1. The molecule has 30 heavy (non-hydrogen) atoms. The predicted molar refractivity (Wildman–Crippen MR) is 123 cm³/mol. The summed E-state index contributed by atoms with van der Waals surface area (Å²) in [5.74, 6) is 1.86. The van der Waals surface area contributed by atoms with Gasteiger partial charge in [-0.3, -0.25) is 9.69 Å². The first-order chi connectivity index (χ1) is 14.2. The Hall–Kier alpha value is -2.28. The van der Waals surface area contributed by atoms with E-state index in [1.165, 1.54) is 0 Å². The SMILES string of the molecule is CCNC(=NCc1ccccc1OC(C)(C)C)NC1CCN(CC(=O)N(C)C)CC1. The summed E-state index contributed by atoms with van der Waals surface area (Å²) >= 11 is 0. The highest BCUT2D eigenvalue weighted by Gasteiger charge is 2.22. The van der Waals surface area contributed by atoms with Crippen LogP contribution in [0.2, 0.25) is 0 Å². The normalized spacial score (nSPS) is 16.3. The lowest BCUT2D eigenvalue weighted by Crippen LogP contribution is -2.50. The monoisotopic (exact) mass is 417 g/mol. The third kappa shape index (κ3) is 8.22. The first-order valence-electron chi connectivity index (χ1n) is 10.9. The third-order valence-electron chi connectivity index (χ3n) is 4.93. The van der Waals surface area contributed by atoms with Gasteiger partial charge in [0.15, 0.2) is 5.96 Å². The molecule has 2 N–H and O–H groups in total. The van der Waals surface area contributed by atoms with Gasteiger partial charge in [-0.1, -0.05) is 18.2 Å². The Bertz CT molecular complexity index is 704. The molecule has 0 bridgehead atoms. The van der Waals surface area contributed by atoms with E-state index < -0.39 is 0 Å². The lowest BCUT2D eigenvalue weighted by Gasteiger charge is -2.33. The number of hydrogen-bond donors (Lipinski definition) is 2. The Kier molecular flexibility index (Phi) is 8.96. The van der Waals surface area contributed by atoms with Crippen molar-refractivity contribution in [1.29, 1.82) is 0 Å². The largest absolute Gasteiger partial charge is 0.488 e. The van der Waals surface area contributed by atoms with E-state index >= 15 is 0 Å². The van der Waals surface area contributed by atoms with Crippen LogP contribution in [-0.4, -0.2) is 73.6 Å². The molecule has 0 spiro atoms. The second-order valence-corrected chi connectivity index (χ2v) is 9.00. The lowest BCUT2D eigenvalue weighted by atomic mass is 10.1. The summed E-state index contributed by atoms with van der Waals surface area (Å²) < 4.78 is 6.09. The maximum Gasteiger partial charge on any atom is 0.236 e. The number of nitrogens with zero attached hydrogens (tertiary/aromatic N) is 3. The number of aliphatic imine (C=N–C) groups is 1. The first kappa shape index (κ1) is 24.0. The van der Waals surface area contributed by atoms with E-state index in [1.54, 1.807) is 19.0 Å². The van der Waals surface area contributed by atoms with Gasteiger partial charge in [0.25, 0.3) is 0 Å². The molecule has 1 heterocycles. The van der Waals surface area contributed by atoms with E-state index in [0.29, 0.717) is 19.1 Å². The second kappa shape index (κ2) is 11.2. The second-order valence-electron chi connectivity index (χ2n) is 9.00. The number of likely N-dealkylation sites (tertiary alicyclic amines) is 1. The Labute approximate surface area is 181 Å². The Morgan fingerprint density at radius 3 is 2.50 bits per heavy atom. The van der Waals surface area contributed by atoms with E-state index in [9.17, 15) is 4.79 Å². The van der Waals surface area contributed by atoms with Crippen molar-refractivity contribution < 1.29 is 9.53 Å². The summed E-state index contributed by atoms with van der Waals surface area (Å²) in [6.07, 6.45) is 1.99. The van der Waals surface area contributed by atoms with Gasteiger partial charge in [-0.2, -0.15) is 0 Å². The highest BCUT2D eigenvalue weighted by molar-refractivity contribution is 5.80. The number of para-hydroxylation sites is 1. The van der Waals surface area contributed by atoms with Gasteiger partial charge < -0.3 is 20.3 Å². The molecule has 1 amide bonds. The van der Waals surface area contributed by atoms with Crippen LogP contribution in [-0.2, 0) is 11.3 Å². The molecule has 0 aliphatic carbocycles. The number of piperidine rings is 1. The Morgan fingerprint density at radius 1 is 1.23 bits per heavy atom. The number of guanidine groups is 1. The summed E-state index contributed by atoms with van der Waals surface area (Å²) in [4.78, 5) is 20.6. The van der Waals surface area contributed by atoms with E-state index in [1.807, 2.05) is 18.2 Å². The number of likely N-dealkylation sites (N-methyl/N-ethyl adjacent to an activating group) is 1. The summed E-state index contributed by atoms with van der Waals surface area (Å²) in [5, 5.41) is 6.92. The average molecular weight is 418 g/mol. The van der Waals surface area contributed by atoms with Crippen molar-refractivity contribution in [2.24, 2.45) is 4.99 Å². The average Bonchev–Trinajstić information content (AvgIpc) is 2.67. The van der Waals surface area contributed by atoms with Crippen molar-refractivity contribution in [3.8, 4) is 5.75 Å². The van der Waals surface area contributed by atoms with E-state index in [-0.39, 0.29) is 11.5 Å². The van der Waals surface area contributed by atoms with Gasteiger partial charge in [0.2, 0.25) is 5.91 Å². The Balaban J connectivity index is 1.94. The van der Waals surface area contributed by atoms with Crippen molar-refractivity contribution >= 4 is 11.9 Å². The number of nitrogens with one attached hydrogen (secondary N) is 2. The minimum absolute atomic E-state index is 0.160. The summed E-state index contributed by atoms with van der Waals surface area (Å²) in [6.45, 7) is 11.9. The molecular formula is C23H39N5O2. The van der Waals surface area contributed by atoms with E-state index in [0.717, 1.165) is 49.7 Å². The zero-order valence-corrected chi connectivity index (χ0v) is 19.5. The fourth-order valence-corrected chi connectivity index (χ4v) is 3.31. The molecule has 1 fully saturated rings. The fraction of sp³-hybridized carbons (Fsp3) is 0.652. The molecule has 1 aliphatic heterocycles. The molecular weight excluding hydrogens is 378 g/mol. The summed E-state index contributed by atoms with van der Waals surface area (Å²) in [7, 11) is 3.61. The van der Waals surface area contributed by atoms with E-state index in [2.05, 4.69) is 49.3 Å². The molecule has 0 atom stereocenters. The molecule has 0 aromatic heterocycles. The van der Waals surface area contributed by atoms with Gasteiger partial charge in [0, 0.05) is 45.3 Å². The highest BCUT2D eigenvalue weighted by atomic mass is 16.5. The standard InChI is InChI=1S/C23H39N5O2/c1-7-24-22(25-16-18-10-8-9-11-20(18)30-23(2,3)4)26-19-12-14-28(15-13-19)17-21(29)27(5)6/h8-11,19H,7,12-17H2,1-6H3,(H2,24,25,26). The number of carbonyl (C=O) groups excluding carboxylic acids is 1. The molecule has 0 radical (unpaired) electrons. The van der Waals surface area contributed by atoms with Crippen molar-refractivity contribution in [2.75, 3.05) is 40.3 Å². The molecule has 1 aromatic rings. The lowest BCUT2D eigenvalue weighted by molar-refractivity contribution is -0.130. The number of benzene rings is 1. The first-order valence-corrected chi connectivity index (χ1v) is 10.9. The van der Waals surface area contributed by atoms with Crippen LogP contribution >= 0.6 is 0 Å². The third-order valence-corrected chi connectivity index (χ3v) is 4.93. The van der Waals surface area contributed by atoms with Crippen LogP contribution in [0, 0.1) is 0 Å². The topological polar surface area (TPSA) is 69.2 Å². The zero-order valence-electron chi connectivity index (χ0n) is 19.5. The van der Waals surface area contributed by atoms with E-state index in [4.69, 9.17) is 9.73 Å². The summed E-state index contributed by atoms with van der Waals surface area (Å²) in [5.41, 5.74) is 0.825. The quantitative estimate of drug-likeness (QED) is 0.527. The van der Waals surface area contributed by atoms with Crippen LogP contribution in [0.3, 0.4) is 0 Å². The smallest absolute Gasteiger partial charge is 0.236 e. The molecule has 0 saturated carbocycles. The van der Waals surface area contributed by atoms with Gasteiger partial charge >= 0.3 is 0 Å². The van der Waals surface area contributed by atoms with Crippen molar-refractivity contribution in [3.63, 3.8) is 0 Å². The number of rotatable bonds is 7. The van der Waals surface area contributed by atoms with Crippen LogP contribution < -0.4 is 15.4 Å². The number of amides is 1. The molecule has 7 heteroatoms. The van der Waals surface area contributed by atoms with Crippen molar-refractivity contribution in [3.05, 3.63) is 29.8 Å². The molecule has 1 saturated heterocycles. The molecule has 2 rings (SSSR count). The number of hydrogen-bond acceptors (Lipinski definition) is 4. The van der Waals surface area contributed by atoms with Gasteiger partial charge in [0.05, 0.1) is 13.1 Å². The van der Waals surface area contributed by atoms with Gasteiger partial charge in [-0.05, 0) is 46.6 Å². The summed E-state index contributed by atoms with van der Waals surface area (Å²) in [6, 6.07) is 8.43. The maximum absolute atomic E-state index is 11.9. The molecule has 7 nitrogen and oxygen atoms in total. The van der Waals surface area contributed by atoms with Crippen LogP contribution in [0.25, 0.3) is 0 Å². The minimum atomic E-state index is -0.246. The Morgan fingerprint density at radius 2 is 1.90 bits per heavy atom. The van der Waals surface area contributed by atoms with Gasteiger partial charge in [-0.25, -0.2) is 4.99 Å². The van der Waals surface area contributed by atoms with Crippen LogP contribution in [0.4, 0.5) is 0 Å². The minimum Gasteiger partial charge on any atom is -0.488 e. The van der Waals surface area contributed by atoms with Gasteiger partial charge in [-0.15, -0.1) is 0 Å². The van der Waals surface area contributed by atoms with Crippen molar-refractivity contribution in [1.82, 2.24) is 20.4 Å². The number of carbonyl (C=O) groups is 1. The molecule has 1 aromatic carbocycles. The van der Waals surface area contributed by atoms with Crippen LogP contribution in [0.15, 0.2) is 29.3 Å². The van der Waals surface area contributed by atoms with Crippen molar-refractivity contribution in [2.45, 2.75) is 58.7 Å².